The fraction of sp³-hybridized carbons (Fsp3) is 0.300. The van der Waals surface area contributed by atoms with Crippen molar-refractivity contribution >= 4 is 21.6 Å². The SMILES string of the molecule is C=CCN(C(=O)Cn1cc(S(=O)(=O)N(CC)CC)ccc1=O)c1ccccc1. The number of hydrogen-bond acceptors (Lipinski definition) is 4. The van der Waals surface area contributed by atoms with Crippen LogP contribution in [-0.2, 0) is 21.4 Å². The minimum Gasteiger partial charge on any atom is -0.307 e. The topological polar surface area (TPSA) is 79.7 Å². The summed E-state index contributed by atoms with van der Waals surface area (Å²) >= 11 is 0. The average molecular weight is 404 g/mol. The van der Waals surface area contributed by atoms with E-state index in [-0.39, 0.29) is 23.9 Å². The molecule has 8 heteroatoms. The van der Waals surface area contributed by atoms with Crippen molar-refractivity contribution < 1.29 is 13.2 Å². The highest BCUT2D eigenvalue weighted by atomic mass is 32.2. The lowest BCUT2D eigenvalue weighted by molar-refractivity contribution is -0.119. The first-order valence-corrected chi connectivity index (χ1v) is 10.5. The van der Waals surface area contributed by atoms with E-state index < -0.39 is 15.6 Å². The Hall–Kier alpha value is -2.71. The number of aromatic nitrogens is 1. The van der Waals surface area contributed by atoms with E-state index in [2.05, 4.69) is 6.58 Å². The van der Waals surface area contributed by atoms with Gasteiger partial charge in [0.1, 0.15) is 6.54 Å². The van der Waals surface area contributed by atoms with Crippen molar-refractivity contribution in [3.05, 3.63) is 71.7 Å². The summed E-state index contributed by atoms with van der Waals surface area (Å²) in [5.74, 6) is -0.342. The Kier molecular flexibility index (Phi) is 7.31. The molecule has 1 heterocycles. The normalized spacial score (nSPS) is 11.4. The van der Waals surface area contributed by atoms with Crippen LogP contribution in [0.4, 0.5) is 5.69 Å². The van der Waals surface area contributed by atoms with E-state index in [1.165, 1.54) is 27.5 Å². The number of para-hydroxylation sites is 1. The molecule has 0 saturated heterocycles. The molecule has 2 rings (SSSR count). The number of carbonyl (C=O) groups excluding carboxylic acids is 1. The molecule has 0 aliphatic rings. The van der Waals surface area contributed by atoms with Crippen molar-refractivity contribution in [2.45, 2.75) is 25.3 Å². The lowest BCUT2D eigenvalue weighted by atomic mass is 10.2. The zero-order valence-electron chi connectivity index (χ0n) is 16.1. The van der Waals surface area contributed by atoms with Crippen LogP contribution in [0.5, 0.6) is 0 Å². The first-order valence-electron chi connectivity index (χ1n) is 9.02. The Balaban J connectivity index is 2.36. The van der Waals surface area contributed by atoms with Gasteiger partial charge in [0.25, 0.3) is 5.56 Å². The van der Waals surface area contributed by atoms with Gasteiger partial charge in [0.05, 0.1) is 4.90 Å². The van der Waals surface area contributed by atoms with Gasteiger partial charge in [-0.2, -0.15) is 4.31 Å². The van der Waals surface area contributed by atoms with Gasteiger partial charge in [-0.25, -0.2) is 8.42 Å². The molecule has 0 radical (unpaired) electrons. The molecule has 0 aliphatic carbocycles. The first kappa shape index (κ1) is 21.6. The molecule has 0 fully saturated rings. The Morgan fingerprint density at radius 2 is 1.75 bits per heavy atom. The zero-order chi connectivity index (χ0) is 20.7. The minimum absolute atomic E-state index is 0.0152. The van der Waals surface area contributed by atoms with E-state index in [0.29, 0.717) is 18.8 Å². The van der Waals surface area contributed by atoms with Crippen molar-refractivity contribution in [2.24, 2.45) is 0 Å². The van der Waals surface area contributed by atoms with Gasteiger partial charge in [-0.15, -0.1) is 6.58 Å². The molecule has 2 aromatic rings. The molecule has 1 amide bonds. The smallest absolute Gasteiger partial charge is 0.251 e. The summed E-state index contributed by atoms with van der Waals surface area (Å²) < 4.78 is 27.8. The van der Waals surface area contributed by atoms with Gasteiger partial charge in [-0.05, 0) is 18.2 Å². The summed E-state index contributed by atoms with van der Waals surface area (Å²) in [5, 5.41) is 0. The molecule has 0 aliphatic heterocycles. The van der Waals surface area contributed by atoms with Crippen molar-refractivity contribution in [3.63, 3.8) is 0 Å². The van der Waals surface area contributed by atoms with E-state index in [1.807, 2.05) is 18.2 Å². The van der Waals surface area contributed by atoms with E-state index in [1.54, 1.807) is 32.1 Å². The number of nitrogens with zero attached hydrogens (tertiary/aromatic N) is 3. The molecule has 0 unspecified atom stereocenters. The third kappa shape index (κ3) is 4.76. The van der Waals surface area contributed by atoms with Crippen molar-refractivity contribution in [2.75, 3.05) is 24.5 Å². The van der Waals surface area contributed by atoms with Crippen molar-refractivity contribution in [1.82, 2.24) is 8.87 Å². The molecule has 28 heavy (non-hydrogen) atoms. The Labute approximate surface area is 165 Å². The summed E-state index contributed by atoms with van der Waals surface area (Å²) in [7, 11) is -3.73. The van der Waals surface area contributed by atoms with Gasteiger partial charge in [-0.3, -0.25) is 9.59 Å². The second-order valence-electron chi connectivity index (χ2n) is 6.05. The molecule has 0 spiro atoms. The number of amides is 1. The maximum Gasteiger partial charge on any atom is 0.251 e. The van der Waals surface area contributed by atoms with Crippen LogP contribution < -0.4 is 10.5 Å². The quantitative estimate of drug-likeness (QED) is 0.601. The summed E-state index contributed by atoms with van der Waals surface area (Å²) in [6.07, 6.45) is 2.82. The summed E-state index contributed by atoms with van der Waals surface area (Å²) in [5.41, 5.74) is 0.228. The fourth-order valence-electron chi connectivity index (χ4n) is 2.82. The monoisotopic (exact) mass is 403 g/mol. The third-order valence-electron chi connectivity index (χ3n) is 4.29. The minimum atomic E-state index is -3.73. The predicted octanol–water partition coefficient (Wildman–Crippen LogP) is 2.10. The highest BCUT2D eigenvalue weighted by Gasteiger charge is 2.23. The van der Waals surface area contributed by atoms with Crippen LogP contribution in [0.1, 0.15) is 13.8 Å². The summed E-state index contributed by atoms with van der Waals surface area (Å²) in [4.78, 5) is 26.5. The number of hydrogen-bond donors (Lipinski definition) is 0. The molecular formula is C20H25N3O4S. The number of benzene rings is 1. The molecule has 7 nitrogen and oxygen atoms in total. The van der Waals surface area contributed by atoms with E-state index in [4.69, 9.17) is 0 Å². The highest BCUT2D eigenvalue weighted by Crippen LogP contribution is 2.16. The van der Waals surface area contributed by atoms with Crippen LogP contribution >= 0.6 is 0 Å². The summed E-state index contributed by atoms with van der Waals surface area (Å²) in [6.45, 7) is 7.79. The van der Waals surface area contributed by atoms with Crippen LogP contribution in [0.2, 0.25) is 0 Å². The van der Waals surface area contributed by atoms with Gasteiger partial charge in [0.15, 0.2) is 0 Å². The molecule has 0 atom stereocenters. The average Bonchev–Trinajstić information content (AvgIpc) is 2.69. The molecule has 1 aromatic carbocycles. The van der Waals surface area contributed by atoms with Crippen molar-refractivity contribution in [1.29, 1.82) is 0 Å². The largest absolute Gasteiger partial charge is 0.307 e. The van der Waals surface area contributed by atoms with Crippen molar-refractivity contribution in [3.8, 4) is 0 Å². The van der Waals surface area contributed by atoms with Crippen LogP contribution in [0.15, 0.2) is 71.0 Å². The second kappa shape index (κ2) is 9.48. The molecule has 1 aromatic heterocycles. The number of rotatable bonds is 9. The highest BCUT2D eigenvalue weighted by molar-refractivity contribution is 7.89. The van der Waals surface area contributed by atoms with Crippen LogP contribution in [0.3, 0.4) is 0 Å². The maximum absolute atomic E-state index is 12.8. The molecule has 0 N–H and O–H groups in total. The van der Waals surface area contributed by atoms with Crippen LogP contribution in [0, 0.1) is 0 Å². The predicted molar refractivity (Wildman–Crippen MR) is 110 cm³/mol. The number of anilines is 1. The van der Waals surface area contributed by atoms with Gasteiger partial charge < -0.3 is 9.47 Å². The molecule has 0 bridgehead atoms. The molecule has 0 saturated carbocycles. The number of sulfonamides is 1. The Morgan fingerprint density at radius 1 is 1.11 bits per heavy atom. The standard InChI is InChI=1S/C20H25N3O4S/c1-4-14-23(17-10-8-7-9-11-17)20(25)16-21-15-18(12-13-19(21)24)28(26,27)22(5-2)6-3/h4,7-13,15H,1,5-6,14,16H2,2-3H3. The van der Waals surface area contributed by atoms with E-state index in [0.717, 1.165) is 4.57 Å². The lowest BCUT2D eigenvalue weighted by Crippen LogP contribution is -2.37. The van der Waals surface area contributed by atoms with E-state index >= 15 is 0 Å². The van der Waals surface area contributed by atoms with Crippen LogP contribution in [0.25, 0.3) is 0 Å². The van der Waals surface area contributed by atoms with Gasteiger partial charge >= 0.3 is 0 Å². The summed E-state index contributed by atoms with van der Waals surface area (Å²) in [6, 6.07) is 11.5. The van der Waals surface area contributed by atoms with Gasteiger partial charge in [0.2, 0.25) is 15.9 Å². The third-order valence-corrected chi connectivity index (χ3v) is 6.32. The van der Waals surface area contributed by atoms with Gasteiger partial charge in [-0.1, -0.05) is 38.1 Å². The fourth-order valence-corrected chi connectivity index (χ4v) is 4.30. The van der Waals surface area contributed by atoms with Crippen LogP contribution in [-0.4, -0.2) is 42.8 Å². The molecular weight excluding hydrogens is 378 g/mol. The Morgan fingerprint density at radius 3 is 2.32 bits per heavy atom. The van der Waals surface area contributed by atoms with E-state index in [9.17, 15) is 18.0 Å². The lowest BCUT2D eigenvalue weighted by Gasteiger charge is -2.22. The Bertz CT molecular complexity index is 980. The maximum atomic E-state index is 12.8. The first-order chi connectivity index (χ1) is 13.3. The number of carbonyl (C=O) groups is 1. The second-order valence-corrected chi connectivity index (χ2v) is 7.99. The number of pyridine rings is 1. The molecule has 150 valence electrons. The zero-order valence-corrected chi connectivity index (χ0v) is 16.9. The van der Waals surface area contributed by atoms with Gasteiger partial charge in [0, 0.05) is 37.6 Å².